The number of rotatable bonds is 6. The Morgan fingerprint density at radius 2 is 1.84 bits per heavy atom. The molecule has 0 fully saturated rings. The predicted octanol–water partition coefficient (Wildman–Crippen LogP) is 2.67. The third-order valence-electron chi connectivity index (χ3n) is 3.30. The Morgan fingerprint density at radius 1 is 1.16 bits per heavy atom. The molecule has 0 aliphatic heterocycles. The van der Waals surface area contributed by atoms with Crippen molar-refractivity contribution < 1.29 is 19.1 Å². The van der Waals surface area contributed by atoms with E-state index < -0.39 is 24.5 Å². The standard InChI is InChI=1S/C18H20N2O4S/c1-11-7-12(2)9-14(8-11)20-16(21)10-24-18(23)13(3)19-17(22)15-5-4-6-25-15/h4-9,13H,10H2,1-3H3,(H,19,22)(H,20,21). The van der Waals surface area contributed by atoms with Crippen molar-refractivity contribution in [3.8, 4) is 0 Å². The van der Waals surface area contributed by atoms with Gasteiger partial charge in [0.25, 0.3) is 11.8 Å². The molecule has 0 bridgehead atoms. The summed E-state index contributed by atoms with van der Waals surface area (Å²) in [5, 5.41) is 6.99. The molecule has 6 nitrogen and oxygen atoms in total. The Bertz CT molecular complexity index is 751. The van der Waals surface area contributed by atoms with Gasteiger partial charge < -0.3 is 15.4 Å². The summed E-state index contributed by atoms with van der Waals surface area (Å²) < 4.78 is 4.95. The second kappa shape index (κ2) is 8.43. The molecule has 2 rings (SSSR count). The minimum absolute atomic E-state index is 0.348. The first-order valence-corrected chi connectivity index (χ1v) is 8.62. The summed E-state index contributed by atoms with van der Waals surface area (Å²) in [7, 11) is 0. The molecular formula is C18H20N2O4S. The van der Waals surface area contributed by atoms with Crippen LogP contribution in [-0.4, -0.2) is 30.4 Å². The molecule has 0 radical (unpaired) electrons. The summed E-state index contributed by atoms with van der Waals surface area (Å²) in [5.74, 6) is -1.45. The fourth-order valence-corrected chi connectivity index (χ4v) is 2.87. The summed E-state index contributed by atoms with van der Waals surface area (Å²) >= 11 is 1.28. The van der Waals surface area contributed by atoms with Gasteiger partial charge in [0.2, 0.25) is 0 Å². The van der Waals surface area contributed by atoms with Crippen LogP contribution >= 0.6 is 11.3 Å². The topological polar surface area (TPSA) is 84.5 Å². The molecule has 2 aromatic rings. The second-order valence-corrected chi connectivity index (χ2v) is 6.65. The van der Waals surface area contributed by atoms with Gasteiger partial charge in [-0.3, -0.25) is 9.59 Å². The van der Waals surface area contributed by atoms with Crippen LogP contribution in [0.25, 0.3) is 0 Å². The molecule has 1 unspecified atom stereocenters. The fourth-order valence-electron chi connectivity index (χ4n) is 2.24. The molecule has 0 aliphatic carbocycles. The average molecular weight is 360 g/mol. The number of anilines is 1. The second-order valence-electron chi connectivity index (χ2n) is 5.70. The van der Waals surface area contributed by atoms with Crippen LogP contribution in [0.4, 0.5) is 5.69 Å². The van der Waals surface area contributed by atoms with Crippen molar-refractivity contribution >= 4 is 34.8 Å². The van der Waals surface area contributed by atoms with Crippen LogP contribution in [0, 0.1) is 13.8 Å². The van der Waals surface area contributed by atoms with Crippen molar-refractivity contribution in [2.75, 3.05) is 11.9 Å². The largest absolute Gasteiger partial charge is 0.454 e. The van der Waals surface area contributed by atoms with Gasteiger partial charge in [0.15, 0.2) is 6.61 Å². The molecule has 25 heavy (non-hydrogen) atoms. The van der Waals surface area contributed by atoms with Gasteiger partial charge in [0, 0.05) is 5.69 Å². The minimum Gasteiger partial charge on any atom is -0.454 e. The molecule has 132 valence electrons. The van der Waals surface area contributed by atoms with E-state index in [0.29, 0.717) is 10.6 Å². The first-order valence-electron chi connectivity index (χ1n) is 7.74. The zero-order valence-corrected chi connectivity index (χ0v) is 15.1. The first kappa shape index (κ1) is 18.7. The molecular weight excluding hydrogens is 340 g/mol. The number of thiophene rings is 1. The normalized spacial score (nSPS) is 11.5. The fraction of sp³-hybridized carbons (Fsp3) is 0.278. The van der Waals surface area contributed by atoms with Crippen molar-refractivity contribution in [2.45, 2.75) is 26.8 Å². The lowest BCUT2D eigenvalue weighted by Crippen LogP contribution is -2.40. The highest BCUT2D eigenvalue weighted by atomic mass is 32.1. The molecule has 1 aromatic heterocycles. The highest BCUT2D eigenvalue weighted by Crippen LogP contribution is 2.13. The number of hydrogen-bond acceptors (Lipinski definition) is 5. The summed E-state index contributed by atoms with van der Waals surface area (Å²) in [5.41, 5.74) is 2.70. The summed E-state index contributed by atoms with van der Waals surface area (Å²) in [6.07, 6.45) is 0. The molecule has 1 atom stereocenters. The van der Waals surface area contributed by atoms with E-state index in [1.807, 2.05) is 32.0 Å². The monoisotopic (exact) mass is 360 g/mol. The molecule has 0 saturated carbocycles. The number of nitrogens with one attached hydrogen (secondary N) is 2. The molecule has 0 spiro atoms. The van der Waals surface area contributed by atoms with Crippen LogP contribution in [0.3, 0.4) is 0 Å². The lowest BCUT2D eigenvalue weighted by molar-refractivity contribution is -0.148. The predicted molar refractivity (Wildman–Crippen MR) is 96.8 cm³/mol. The summed E-state index contributed by atoms with van der Waals surface area (Å²) in [4.78, 5) is 36.2. The maximum atomic E-state index is 11.9. The van der Waals surface area contributed by atoms with Crippen LogP contribution in [0.5, 0.6) is 0 Å². The van der Waals surface area contributed by atoms with E-state index >= 15 is 0 Å². The molecule has 7 heteroatoms. The number of carbonyl (C=O) groups is 3. The lowest BCUT2D eigenvalue weighted by atomic mass is 10.1. The number of ether oxygens (including phenoxy) is 1. The maximum absolute atomic E-state index is 11.9. The van der Waals surface area contributed by atoms with Gasteiger partial charge >= 0.3 is 5.97 Å². The van der Waals surface area contributed by atoms with E-state index in [4.69, 9.17) is 4.74 Å². The number of aryl methyl sites for hydroxylation is 2. The molecule has 2 amide bonds. The summed E-state index contributed by atoms with van der Waals surface area (Å²) in [6.45, 7) is 4.96. The maximum Gasteiger partial charge on any atom is 0.328 e. The number of carbonyl (C=O) groups excluding carboxylic acids is 3. The highest BCUT2D eigenvalue weighted by Gasteiger charge is 2.19. The number of amides is 2. The Hall–Kier alpha value is -2.67. The highest BCUT2D eigenvalue weighted by molar-refractivity contribution is 7.12. The molecule has 1 heterocycles. The summed E-state index contributed by atoms with van der Waals surface area (Å²) in [6, 6.07) is 8.22. The van der Waals surface area contributed by atoms with E-state index in [1.54, 1.807) is 17.5 Å². The SMILES string of the molecule is Cc1cc(C)cc(NC(=O)COC(=O)C(C)NC(=O)c2cccs2)c1. The van der Waals surface area contributed by atoms with Crippen molar-refractivity contribution in [3.05, 3.63) is 51.7 Å². The van der Waals surface area contributed by atoms with Crippen molar-refractivity contribution in [1.29, 1.82) is 0 Å². The minimum atomic E-state index is -0.844. The number of benzene rings is 1. The zero-order valence-electron chi connectivity index (χ0n) is 14.3. The van der Waals surface area contributed by atoms with E-state index in [-0.39, 0.29) is 5.91 Å². The zero-order chi connectivity index (χ0) is 18.4. The van der Waals surface area contributed by atoms with Crippen LogP contribution in [-0.2, 0) is 14.3 Å². The van der Waals surface area contributed by atoms with Crippen molar-refractivity contribution in [1.82, 2.24) is 5.32 Å². The quantitative estimate of drug-likeness (QED) is 0.776. The van der Waals surface area contributed by atoms with Crippen LogP contribution in [0.1, 0.15) is 27.7 Å². The molecule has 0 saturated heterocycles. The number of hydrogen-bond donors (Lipinski definition) is 2. The van der Waals surface area contributed by atoms with Gasteiger partial charge in [-0.05, 0) is 55.5 Å². The van der Waals surface area contributed by atoms with Crippen molar-refractivity contribution in [3.63, 3.8) is 0 Å². The van der Waals surface area contributed by atoms with Crippen LogP contribution < -0.4 is 10.6 Å². The van der Waals surface area contributed by atoms with Crippen LogP contribution in [0.2, 0.25) is 0 Å². The van der Waals surface area contributed by atoms with E-state index in [2.05, 4.69) is 10.6 Å². The Kier molecular flexibility index (Phi) is 6.30. The molecule has 0 aliphatic rings. The van der Waals surface area contributed by atoms with E-state index in [0.717, 1.165) is 11.1 Å². The Balaban J connectivity index is 1.80. The van der Waals surface area contributed by atoms with Gasteiger partial charge in [0.1, 0.15) is 6.04 Å². The van der Waals surface area contributed by atoms with Gasteiger partial charge in [-0.1, -0.05) is 12.1 Å². The van der Waals surface area contributed by atoms with Gasteiger partial charge in [0.05, 0.1) is 4.88 Å². The van der Waals surface area contributed by atoms with E-state index in [9.17, 15) is 14.4 Å². The van der Waals surface area contributed by atoms with E-state index in [1.165, 1.54) is 18.3 Å². The van der Waals surface area contributed by atoms with Gasteiger partial charge in [-0.15, -0.1) is 11.3 Å². The Labute approximate surface area is 150 Å². The molecule has 2 N–H and O–H groups in total. The van der Waals surface area contributed by atoms with Gasteiger partial charge in [-0.25, -0.2) is 4.79 Å². The average Bonchev–Trinajstić information content (AvgIpc) is 3.06. The van der Waals surface area contributed by atoms with Crippen molar-refractivity contribution in [2.24, 2.45) is 0 Å². The number of esters is 1. The smallest absolute Gasteiger partial charge is 0.328 e. The Morgan fingerprint density at radius 3 is 2.44 bits per heavy atom. The molecule has 1 aromatic carbocycles. The lowest BCUT2D eigenvalue weighted by Gasteiger charge is -2.13. The van der Waals surface area contributed by atoms with Crippen LogP contribution in [0.15, 0.2) is 35.7 Å². The third kappa shape index (κ3) is 5.72. The van der Waals surface area contributed by atoms with Gasteiger partial charge in [-0.2, -0.15) is 0 Å². The first-order chi connectivity index (χ1) is 11.8. The third-order valence-corrected chi connectivity index (χ3v) is 4.17.